The Labute approximate surface area is 661 Å². The van der Waals surface area contributed by atoms with Crippen molar-refractivity contribution < 1.29 is 40.2 Å². The van der Waals surface area contributed by atoms with Gasteiger partial charge in [0.2, 0.25) is 0 Å². The van der Waals surface area contributed by atoms with Crippen LogP contribution in [0, 0.1) is 27.7 Å². The van der Waals surface area contributed by atoms with E-state index < -0.39 is 0 Å². The molecular formula is C95H74Cl2Cr2N8O2. The summed E-state index contributed by atoms with van der Waals surface area (Å²) < 4.78 is 8.94. The van der Waals surface area contributed by atoms with Crippen molar-refractivity contribution in [3.8, 4) is 44.5 Å². The third-order valence-electron chi connectivity index (χ3n) is 19.4. The standard InChI is InChI=1S/C48H38N4.C44H28N4.C3H8O2.2ClH.2Cr/c1-29-5-13-33(14-6-29)45-37-21-23-39(49-37)46(34-15-7-30(2)8-16-34)41-25-27-43(51-41)48(36-19-11-32(4)12-20-36)44-28-26-42(52-44)47(40-24-22-38(45)50-40)35-17-9-31(3)10-18-35;1-5-13-29(14-6-1)41-33-21-23-35(45-33)42(30-15-7-2-8-16-30)37-25-27-39(47-37)44(32-19-11-4-12-20-32)40-28-26-38(48-40)43(31-17-9-3-10-18-31)36-24-22-34(41)46-36;1-4-3-5-2;;;;/h5-28,37,45H,1-4H3;1-28H;3H2,1-2H3;2*1H;;/q2*-2;;;;2*+3/p-2. The summed E-state index contributed by atoms with van der Waals surface area (Å²) in [5.41, 5.74) is 31.9. The van der Waals surface area contributed by atoms with E-state index in [1.807, 2.05) is 24.3 Å². The first-order chi connectivity index (χ1) is 53.6. The molecule has 109 heavy (non-hydrogen) atoms. The van der Waals surface area contributed by atoms with Crippen LogP contribution in [0.2, 0.25) is 0 Å². The number of rotatable bonds is 10. The van der Waals surface area contributed by atoms with Crippen molar-refractivity contribution >= 4 is 94.6 Å². The van der Waals surface area contributed by atoms with Gasteiger partial charge >= 0.3 is 50.8 Å². The Morgan fingerprint density at radius 3 is 1.08 bits per heavy atom. The van der Waals surface area contributed by atoms with Crippen LogP contribution in [0.3, 0.4) is 0 Å². The summed E-state index contributed by atoms with van der Waals surface area (Å²) in [5.74, 6) is -0.0811. The topological polar surface area (TPSA) is 125 Å². The van der Waals surface area contributed by atoms with Gasteiger partial charge in [-0.05, 0) is 154 Å². The van der Waals surface area contributed by atoms with Crippen LogP contribution in [0.25, 0.3) is 108 Å². The third-order valence-corrected chi connectivity index (χ3v) is 19.4. The average molecular weight is 1530 g/mol. The van der Waals surface area contributed by atoms with Crippen LogP contribution in [0.5, 0.6) is 0 Å². The van der Waals surface area contributed by atoms with Gasteiger partial charge in [-0.1, -0.05) is 295 Å². The van der Waals surface area contributed by atoms with Gasteiger partial charge in [0.25, 0.3) is 0 Å². The first-order valence-electron chi connectivity index (χ1n) is 35.7. The van der Waals surface area contributed by atoms with Crippen LogP contribution in [0.15, 0.2) is 307 Å². The zero-order valence-corrected chi connectivity index (χ0v) is 64.9. The average Bonchev–Trinajstić information content (AvgIpc) is 1.62. The molecule has 0 fully saturated rings. The number of benzene rings is 8. The predicted molar refractivity (Wildman–Crippen MR) is 442 cm³/mol. The van der Waals surface area contributed by atoms with Gasteiger partial charge in [0.05, 0.1) is 45.9 Å². The molecule has 0 amide bonds. The number of aromatic nitrogens is 6. The molecule has 8 aromatic carbocycles. The van der Waals surface area contributed by atoms with Gasteiger partial charge in [0.1, 0.15) is 6.79 Å². The van der Waals surface area contributed by atoms with Crippen molar-refractivity contribution in [3.63, 3.8) is 0 Å². The SMILES string of the molecule is C1=Cc2nc1c(-c1ccccc1)c1ccc([n-]1)c(-c1ccccc1)c1nc(c(-c3ccccc3)c3ccc([n-]3)c2-c2ccccc2)C=C1.COCOC.Cc1ccc(C2=C3C=CC(=N3)C(c3ccc(C)cc3)=c3ccc([n-]3)=C(c3ccc(C)cc3)C3=NC(C=C3)C(c3ccc(C)cc3)c3ccc2[n-]3)cc1.[Cl][Cr+2].[Cl][Cr+2]. The first-order valence-corrected chi connectivity index (χ1v) is 39.2. The number of methoxy groups -OCH3 is 2. The molecule has 0 radical (unpaired) electrons. The summed E-state index contributed by atoms with van der Waals surface area (Å²) in [4.78, 5) is 42.9. The molecule has 13 aromatic rings. The van der Waals surface area contributed by atoms with Crippen LogP contribution in [-0.2, 0) is 40.2 Å². The summed E-state index contributed by atoms with van der Waals surface area (Å²) in [6.07, 6.45) is 17.1. The molecule has 16 bridgehead atoms. The van der Waals surface area contributed by atoms with E-state index in [0.29, 0.717) is 6.79 Å². The molecule has 10 heterocycles. The number of halogens is 2. The van der Waals surface area contributed by atoms with Crippen molar-refractivity contribution in [2.45, 2.75) is 39.7 Å². The van der Waals surface area contributed by atoms with Gasteiger partial charge in [0, 0.05) is 20.1 Å². The molecule has 0 spiro atoms. The zero-order valence-electron chi connectivity index (χ0n) is 60.9. The van der Waals surface area contributed by atoms with Gasteiger partial charge in [-0.3, -0.25) is 4.99 Å². The number of hydrogen-bond donors (Lipinski definition) is 0. The maximum atomic E-state index is 5.49. The number of aliphatic imine (C=N–C) groups is 2. The molecule has 0 aliphatic carbocycles. The summed E-state index contributed by atoms with van der Waals surface area (Å²) in [5, 5.41) is 1.77. The van der Waals surface area contributed by atoms with E-state index in [2.05, 4.69) is 379 Å². The Kier molecular flexibility index (Phi) is 23.8. The molecule has 0 saturated carbocycles. The third kappa shape index (κ3) is 16.3. The van der Waals surface area contributed by atoms with Gasteiger partial charge in [-0.25, -0.2) is 15.0 Å². The molecule has 2 unspecified atom stereocenters. The van der Waals surface area contributed by atoms with Crippen LogP contribution < -0.4 is 30.6 Å². The fourth-order valence-corrected chi connectivity index (χ4v) is 14.3. The number of ether oxygens (including phenoxy) is 2. The number of nitrogens with zero attached hydrogens (tertiary/aromatic N) is 8. The second kappa shape index (κ2) is 34.8. The molecule has 14 heteroatoms. The van der Waals surface area contributed by atoms with Crippen LogP contribution in [0.1, 0.15) is 84.6 Å². The van der Waals surface area contributed by atoms with Crippen molar-refractivity contribution in [1.29, 1.82) is 0 Å². The Bertz CT molecular complexity index is 5620. The quantitative estimate of drug-likeness (QED) is 0.124. The molecule has 5 aliphatic heterocycles. The summed E-state index contributed by atoms with van der Waals surface area (Å²) in [7, 11) is 12.2. The van der Waals surface area contributed by atoms with Crippen LogP contribution in [0.4, 0.5) is 0 Å². The van der Waals surface area contributed by atoms with E-state index in [4.69, 9.17) is 39.9 Å². The van der Waals surface area contributed by atoms with Crippen molar-refractivity contribution in [2.24, 2.45) is 9.98 Å². The molecule has 5 aliphatic rings. The minimum atomic E-state index is -0.149. The summed E-state index contributed by atoms with van der Waals surface area (Å²) in [6, 6.07) is 93.3. The van der Waals surface area contributed by atoms with Crippen LogP contribution in [-0.4, -0.2) is 48.4 Å². The van der Waals surface area contributed by atoms with E-state index in [-0.39, 0.29) is 12.0 Å². The van der Waals surface area contributed by atoms with Crippen LogP contribution >= 0.6 is 20.1 Å². The number of aryl methyl sites for hydroxylation is 4. The van der Waals surface area contributed by atoms with Gasteiger partial charge < -0.3 is 29.4 Å². The Balaban J connectivity index is 0.000000165. The summed E-state index contributed by atoms with van der Waals surface area (Å²) in [6.45, 7) is 8.87. The molecule has 5 aromatic heterocycles. The van der Waals surface area contributed by atoms with Gasteiger partial charge in [-0.15, -0.1) is 44.2 Å². The van der Waals surface area contributed by atoms with Crippen molar-refractivity contribution in [3.05, 3.63) is 386 Å². The van der Waals surface area contributed by atoms with Gasteiger partial charge in [0.15, 0.2) is 0 Å². The molecule has 532 valence electrons. The molecule has 2 atom stereocenters. The molecular weight excluding hydrogens is 1460 g/mol. The summed E-state index contributed by atoms with van der Waals surface area (Å²) >= 11 is 4.19. The monoisotopic (exact) mass is 1530 g/mol. The maximum absolute atomic E-state index is 5.49. The van der Waals surface area contributed by atoms with E-state index in [9.17, 15) is 0 Å². The second-order valence-electron chi connectivity index (χ2n) is 26.7. The van der Waals surface area contributed by atoms with Crippen molar-refractivity contribution in [1.82, 2.24) is 29.9 Å². The Hall–Kier alpha value is -11.2. The molecule has 0 N–H and O–H groups in total. The Morgan fingerprint density at radius 1 is 0.339 bits per heavy atom. The van der Waals surface area contributed by atoms with Crippen molar-refractivity contribution in [2.75, 3.05) is 21.0 Å². The molecule has 0 saturated heterocycles. The fraction of sp³-hybridized carbons (Fsp3) is 0.0947. The second-order valence-corrected chi connectivity index (χ2v) is 26.7. The van der Waals surface area contributed by atoms with Gasteiger partial charge in [-0.2, -0.15) is 0 Å². The van der Waals surface area contributed by atoms with E-state index >= 15 is 0 Å². The number of fused-ring (bicyclic) bond motifs is 14. The minimum absolute atomic E-state index is 0.0811. The zero-order chi connectivity index (χ0) is 75.3. The molecule has 18 rings (SSSR count). The van der Waals surface area contributed by atoms with E-state index in [1.54, 1.807) is 14.2 Å². The fourth-order valence-electron chi connectivity index (χ4n) is 14.3. The molecule has 10 nitrogen and oxygen atoms in total. The number of allylic oxidation sites excluding steroid dienone is 3. The Morgan fingerprint density at radius 2 is 0.706 bits per heavy atom. The number of hydrogen-bond acceptors (Lipinski definition) is 6. The normalized spacial score (nSPS) is 14.3. The van der Waals surface area contributed by atoms with E-state index in [1.165, 1.54) is 27.8 Å². The predicted octanol–water partition coefficient (Wildman–Crippen LogP) is 20.4. The first kappa shape index (κ1) is 74.6. The van der Waals surface area contributed by atoms with E-state index in [0.717, 1.165) is 162 Å².